The van der Waals surface area contributed by atoms with E-state index in [4.69, 9.17) is 4.42 Å². The lowest BCUT2D eigenvalue weighted by Crippen LogP contribution is -2.23. The topological polar surface area (TPSA) is 60.1 Å². The van der Waals surface area contributed by atoms with Crippen molar-refractivity contribution in [3.63, 3.8) is 0 Å². The summed E-state index contributed by atoms with van der Waals surface area (Å²) in [6.07, 6.45) is 0. The van der Waals surface area contributed by atoms with Crippen LogP contribution in [0.2, 0.25) is 0 Å². The zero-order valence-corrected chi connectivity index (χ0v) is 11.5. The van der Waals surface area contributed by atoms with Gasteiger partial charge in [-0.3, -0.25) is 4.79 Å². The maximum Gasteiger partial charge on any atom is 0.267 e. The highest BCUT2D eigenvalue weighted by Gasteiger charge is 2.05. The zero-order valence-electron chi connectivity index (χ0n) is 11.5. The van der Waals surface area contributed by atoms with E-state index in [2.05, 4.69) is 24.3 Å². The van der Waals surface area contributed by atoms with Crippen LogP contribution in [0.3, 0.4) is 0 Å². The minimum atomic E-state index is -0.121. The average molecular weight is 261 g/mol. The second-order valence-electron chi connectivity index (χ2n) is 4.87. The van der Waals surface area contributed by atoms with E-state index in [9.17, 15) is 4.79 Å². The first-order valence-electron chi connectivity index (χ1n) is 6.40. The third kappa shape index (κ3) is 3.79. The van der Waals surface area contributed by atoms with E-state index < -0.39 is 0 Å². The molecular weight excluding hydrogens is 242 g/mol. The summed E-state index contributed by atoms with van der Waals surface area (Å²) in [6, 6.07) is 7.44. The fourth-order valence-corrected chi connectivity index (χ4v) is 1.72. The second-order valence-corrected chi connectivity index (χ2v) is 4.87. The molecule has 2 rings (SSSR count). The van der Waals surface area contributed by atoms with E-state index in [1.807, 2.05) is 19.1 Å². The van der Waals surface area contributed by atoms with Gasteiger partial charge >= 0.3 is 0 Å². The van der Waals surface area contributed by atoms with Crippen molar-refractivity contribution in [3.8, 4) is 0 Å². The van der Waals surface area contributed by atoms with Gasteiger partial charge in [-0.05, 0) is 25.1 Å². The molecule has 0 aliphatic carbocycles. The molecule has 0 fully saturated rings. The molecule has 1 N–H and O–H groups in total. The number of nitrogens with zero attached hydrogens (tertiary/aromatic N) is 2. The Morgan fingerprint density at radius 2 is 2.00 bits per heavy atom. The Bertz CT molecular complexity index is 599. The smallest absolute Gasteiger partial charge is 0.267 e. The Morgan fingerprint density at radius 1 is 1.26 bits per heavy atom. The third-order valence-corrected chi connectivity index (χ3v) is 2.71. The number of aromatic nitrogens is 2. The fourth-order valence-electron chi connectivity index (χ4n) is 1.72. The average Bonchev–Trinajstić information content (AvgIpc) is 2.79. The fraction of sp³-hybridized carbons (Fsp3) is 0.429. The molecule has 0 atom stereocenters. The van der Waals surface area contributed by atoms with Gasteiger partial charge < -0.3 is 9.73 Å². The largest absolute Gasteiger partial charge is 0.463 e. The van der Waals surface area contributed by atoms with Crippen molar-refractivity contribution < 1.29 is 4.42 Å². The maximum atomic E-state index is 11.6. The zero-order chi connectivity index (χ0) is 13.8. The molecule has 0 spiro atoms. The number of aryl methyl sites for hydroxylation is 1. The standard InChI is InChI=1S/C14H19N3O2/c1-10(2)15-8-12-5-6-13(19-12)9-17-14(18)7-4-11(3)16-17/h4-7,10,15H,8-9H2,1-3H3. The Hall–Kier alpha value is -1.88. The van der Waals surface area contributed by atoms with Gasteiger partial charge in [0.15, 0.2) is 0 Å². The lowest BCUT2D eigenvalue weighted by atomic mass is 10.3. The Labute approximate surface area is 112 Å². The van der Waals surface area contributed by atoms with Crippen LogP contribution < -0.4 is 10.9 Å². The van der Waals surface area contributed by atoms with Gasteiger partial charge in [-0.1, -0.05) is 13.8 Å². The SMILES string of the molecule is Cc1ccc(=O)n(Cc2ccc(CNC(C)C)o2)n1. The lowest BCUT2D eigenvalue weighted by molar-refractivity contribution is 0.417. The number of nitrogens with one attached hydrogen (secondary N) is 1. The first-order chi connectivity index (χ1) is 9.04. The van der Waals surface area contributed by atoms with Crippen molar-refractivity contribution in [1.82, 2.24) is 15.1 Å². The highest BCUT2D eigenvalue weighted by atomic mass is 16.3. The van der Waals surface area contributed by atoms with E-state index in [-0.39, 0.29) is 5.56 Å². The number of hydrogen-bond acceptors (Lipinski definition) is 4. The Morgan fingerprint density at radius 3 is 2.74 bits per heavy atom. The molecule has 5 nitrogen and oxygen atoms in total. The molecule has 102 valence electrons. The van der Waals surface area contributed by atoms with Crippen LogP contribution in [-0.4, -0.2) is 15.8 Å². The van der Waals surface area contributed by atoms with Crippen LogP contribution in [0.1, 0.15) is 31.1 Å². The van der Waals surface area contributed by atoms with Gasteiger partial charge in [-0.25, -0.2) is 4.68 Å². The molecule has 0 aliphatic rings. The summed E-state index contributed by atoms with van der Waals surface area (Å²) in [5.41, 5.74) is 0.691. The van der Waals surface area contributed by atoms with Gasteiger partial charge in [-0.2, -0.15) is 5.10 Å². The highest BCUT2D eigenvalue weighted by molar-refractivity contribution is 5.08. The minimum Gasteiger partial charge on any atom is -0.463 e. The van der Waals surface area contributed by atoms with Crippen LogP contribution >= 0.6 is 0 Å². The molecule has 0 unspecified atom stereocenters. The van der Waals surface area contributed by atoms with E-state index in [0.29, 0.717) is 19.1 Å². The molecule has 2 heterocycles. The molecule has 0 amide bonds. The summed E-state index contributed by atoms with van der Waals surface area (Å²) in [7, 11) is 0. The molecule has 0 aliphatic heterocycles. The molecule has 0 saturated heterocycles. The minimum absolute atomic E-state index is 0.121. The summed E-state index contributed by atoms with van der Waals surface area (Å²) in [5.74, 6) is 1.60. The predicted octanol–water partition coefficient (Wildman–Crippen LogP) is 1.69. The quantitative estimate of drug-likeness (QED) is 0.889. The molecule has 5 heteroatoms. The summed E-state index contributed by atoms with van der Waals surface area (Å²) in [5, 5.41) is 7.46. The van der Waals surface area contributed by atoms with Crippen LogP contribution in [0.15, 0.2) is 33.5 Å². The first kappa shape index (κ1) is 13.5. The van der Waals surface area contributed by atoms with Crippen LogP contribution in [0, 0.1) is 6.92 Å². The normalized spacial score (nSPS) is 11.2. The molecule has 0 saturated carbocycles. The number of furan rings is 1. The van der Waals surface area contributed by atoms with Gasteiger partial charge in [0.2, 0.25) is 0 Å². The molecular formula is C14H19N3O2. The van der Waals surface area contributed by atoms with Gasteiger partial charge in [-0.15, -0.1) is 0 Å². The highest BCUT2D eigenvalue weighted by Crippen LogP contribution is 2.08. The monoisotopic (exact) mass is 261 g/mol. The summed E-state index contributed by atoms with van der Waals surface area (Å²) >= 11 is 0. The van der Waals surface area contributed by atoms with Crippen molar-refractivity contribution in [2.45, 2.75) is 39.9 Å². The lowest BCUT2D eigenvalue weighted by Gasteiger charge is -2.05. The van der Waals surface area contributed by atoms with Gasteiger partial charge in [0, 0.05) is 12.1 Å². The Kier molecular flexibility index (Phi) is 4.16. The van der Waals surface area contributed by atoms with E-state index in [0.717, 1.165) is 17.2 Å². The van der Waals surface area contributed by atoms with Crippen molar-refractivity contribution >= 4 is 0 Å². The van der Waals surface area contributed by atoms with E-state index in [1.165, 1.54) is 10.7 Å². The van der Waals surface area contributed by atoms with Crippen molar-refractivity contribution in [2.24, 2.45) is 0 Å². The third-order valence-electron chi connectivity index (χ3n) is 2.71. The maximum absolute atomic E-state index is 11.6. The van der Waals surface area contributed by atoms with Gasteiger partial charge in [0.25, 0.3) is 5.56 Å². The summed E-state index contributed by atoms with van der Waals surface area (Å²) < 4.78 is 7.08. The van der Waals surface area contributed by atoms with E-state index in [1.54, 1.807) is 6.07 Å². The number of rotatable bonds is 5. The van der Waals surface area contributed by atoms with Crippen molar-refractivity contribution in [1.29, 1.82) is 0 Å². The second kappa shape index (κ2) is 5.84. The van der Waals surface area contributed by atoms with Crippen LogP contribution in [0.4, 0.5) is 0 Å². The van der Waals surface area contributed by atoms with Crippen molar-refractivity contribution in [2.75, 3.05) is 0 Å². The van der Waals surface area contributed by atoms with Crippen LogP contribution in [0.25, 0.3) is 0 Å². The Balaban J connectivity index is 2.07. The van der Waals surface area contributed by atoms with Crippen LogP contribution in [0.5, 0.6) is 0 Å². The summed E-state index contributed by atoms with van der Waals surface area (Å²) in [4.78, 5) is 11.6. The van der Waals surface area contributed by atoms with E-state index >= 15 is 0 Å². The van der Waals surface area contributed by atoms with Gasteiger partial charge in [0.1, 0.15) is 18.1 Å². The van der Waals surface area contributed by atoms with Crippen molar-refractivity contribution in [3.05, 3.63) is 51.8 Å². The summed E-state index contributed by atoms with van der Waals surface area (Å²) in [6.45, 7) is 7.08. The predicted molar refractivity (Wildman–Crippen MR) is 73.0 cm³/mol. The van der Waals surface area contributed by atoms with Crippen LogP contribution in [-0.2, 0) is 13.1 Å². The molecule has 2 aromatic rings. The first-order valence-corrected chi connectivity index (χ1v) is 6.40. The molecule has 19 heavy (non-hydrogen) atoms. The number of hydrogen-bond donors (Lipinski definition) is 1. The molecule has 0 aromatic carbocycles. The molecule has 2 aromatic heterocycles. The molecule has 0 radical (unpaired) electrons. The van der Waals surface area contributed by atoms with Gasteiger partial charge in [0.05, 0.1) is 12.2 Å². The molecule has 0 bridgehead atoms.